The van der Waals surface area contributed by atoms with E-state index >= 15 is 0 Å². The van der Waals surface area contributed by atoms with Gasteiger partial charge in [-0.2, -0.15) is 0 Å². The first kappa shape index (κ1) is 14.5. The van der Waals surface area contributed by atoms with E-state index in [0.717, 1.165) is 31.7 Å². The lowest BCUT2D eigenvalue weighted by Gasteiger charge is -2.14. The Hall–Kier alpha value is -2.12. The highest BCUT2D eigenvalue weighted by Crippen LogP contribution is 2.32. The third-order valence-electron chi connectivity index (χ3n) is 3.70. The number of thiazole rings is 1. The number of benzene rings is 2. The average Bonchev–Trinajstić information content (AvgIpc) is 2.95. The van der Waals surface area contributed by atoms with Gasteiger partial charge in [-0.1, -0.05) is 6.07 Å². The van der Waals surface area contributed by atoms with Crippen LogP contribution in [0.25, 0.3) is 21.0 Å². The maximum absolute atomic E-state index is 11.1. The van der Waals surface area contributed by atoms with Crippen molar-refractivity contribution in [2.45, 2.75) is 12.5 Å². The molecule has 1 unspecified atom stereocenters. The molecule has 2 aromatic carbocycles. The first-order valence-corrected chi connectivity index (χ1v) is 8.87. The van der Waals surface area contributed by atoms with Crippen molar-refractivity contribution in [1.82, 2.24) is 4.98 Å². The van der Waals surface area contributed by atoms with Crippen LogP contribution in [0.3, 0.4) is 0 Å². The molecule has 23 heavy (non-hydrogen) atoms. The molecule has 2 heterocycles. The molecule has 1 aromatic heterocycles. The van der Waals surface area contributed by atoms with Crippen molar-refractivity contribution in [3.63, 3.8) is 0 Å². The van der Waals surface area contributed by atoms with Gasteiger partial charge in [-0.05, 0) is 41.5 Å². The Morgan fingerprint density at radius 2 is 2.09 bits per heavy atom. The van der Waals surface area contributed by atoms with Gasteiger partial charge in [0.1, 0.15) is 21.8 Å². The van der Waals surface area contributed by atoms with Crippen LogP contribution < -0.4 is 0 Å². The summed E-state index contributed by atoms with van der Waals surface area (Å²) in [6.07, 6.45) is 0.553. The van der Waals surface area contributed by atoms with Gasteiger partial charge in [0.15, 0.2) is 0 Å². The number of thioether (sulfide) groups is 1. The normalized spacial score (nSPS) is 18.3. The maximum Gasteiger partial charge on any atom is 0.328 e. The number of phenols is 1. The van der Waals surface area contributed by atoms with Crippen LogP contribution in [0.1, 0.15) is 11.4 Å². The fourth-order valence-electron chi connectivity index (χ4n) is 2.56. The number of aromatic nitrogens is 1. The predicted octanol–water partition coefficient (Wildman–Crippen LogP) is 3.49. The van der Waals surface area contributed by atoms with Crippen LogP contribution >= 0.6 is 23.1 Å². The van der Waals surface area contributed by atoms with E-state index in [0.29, 0.717) is 11.5 Å². The highest BCUT2D eigenvalue weighted by Gasteiger charge is 2.24. The van der Waals surface area contributed by atoms with Crippen molar-refractivity contribution in [3.05, 3.63) is 35.3 Å². The second-order valence-corrected chi connectivity index (χ2v) is 7.41. The third kappa shape index (κ3) is 2.66. The Kier molecular flexibility index (Phi) is 3.46. The van der Waals surface area contributed by atoms with E-state index < -0.39 is 12.0 Å². The highest BCUT2D eigenvalue weighted by molar-refractivity contribution is 8.14. The molecule has 0 fully saturated rings. The second kappa shape index (κ2) is 5.50. The van der Waals surface area contributed by atoms with Gasteiger partial charge in [-0.15, -0.1) is 23.1 Å². The Morgan fingerprint density at radius 1 is 1.22 bits per heavy atom. The third-order valence-corrected chi connectivity index (χ3v) is 5.87. The number of rotatable bonds is 2. The highest BCUT2D eigenvalue weighted by atomic mass is 32.2. The quantitative estimate of drug-likeness (QED) is 0.743. The Labute approximate surface area is 139 Å². The molecule has 1 aliphatic heterocycles. The van der Waals surface area contributed by atoms with Crippen molar-refractivity contribution >= 4 is 55.1 Å². The number of aliphatic imine (C=N–C) groups is 1. The van der Waals surface area contributed by atoms with Gasteiger partial charge in [0.25, 0.3) is 0 Å². The zero-order valence-corrected chi connectivity index (χ0v) is 13.5. The summed E-state index contributed by atoms with van der Waals surface area (Å²) in [4.78, 5) is 20.1. The fourth-order valence-corrected chi connectivity index (χ4v) is 4.65. The lowest BCUT2D eigenvalue weighted by Crippen LogP contribution is -2.23. The van der Waals surface area contributed by atoms with Crippen LogP contribution in [0.2, 0.25) is 0 Å². The van der Waals surface area contributed by atoms with E-state index in [9.17, 15) is 9.90 Å². The van der Waals surface area contributed by atoms with Gasteiger partial charge in [0.05, 0.1) is 10.2 Å². The summed E-state index contributed by atoms with van der Waals surface area (Å²) >= 11 is 3.05. The molecule has 0 saturated carbocycles. The molecule has 0 radical (unpaired) electrons. The topological polar surface area (TPSA) is 82.8 Å². The Bertz CT molecular complexity index is 965. The minimum absolute atomic E-state index is 0.234. The van der Waals surface area contributed by atoms with Crippen molar-refractivity contribution in [1.29, 1.82) is 0 Å². The summed E-state index contributed by atoms with van der Waals surface area (Å²) in [5.41, 5.74) is 0.865. The lowest BCUT2D eigenvalue weighted by molar-refractivity contribution is -0.138. The number of hydrogen-bond acceptors (Lipinski definition) is 6. The lowest BCUT2D eigenvalue weighted by atomic mass is 10.1. The molecule has 3 aromatic rings. The monoisotopic (exact) mass is 344 g/mol. The van der Waals surface area contributed by atoms with Crippen LogP contribution in [0.4, 0.5) is 0 Å². The number of carboxylic acid groups (broad SMARTS) is 1. The minimum Gasteiger partial charge on any atom is -0.508 e. The number of nitrogens with zero attached hydrogens (tertiary/aromatic N) is 2. The molecule has 0 aliphatic carbocycles. The van der Waals surface area contributed by atoms with E-state index in [1.807, 2.05) is 18.2 Å². The summed E-state index contributed by atoms with van der Waals surface area (Å²) in [5, 5.41) is 22.2. The van der Waals surface area contributed by atoms with Crippen molar-refractivity contribution in [2.24, 2.45) is 4.99 Å². The minimum atomic E-state index is -0.884. The molecule has 2 N–H and O–H groups in total. The molecular weight excluding hydrogens is 332 g/mol. The molecule has 0 saturated heterocycles. The van der Waals surface area contributed by atoms with Gasteiger partial charge < -0.3 is 10.2 Å². The summed E-state index contributed by atoms with van der Waals surface area (Å²) in [5.74, 6) is 0.0879. The maximum atomic E-state index is 11.1. The average molecular weight is 344 g/mol. The van der Waals surface area contributed by atoms with Gasteiger partial charge in [-0.3, -0.25) is 4.99 Å². The summed E-state index contributed by atoms with van der Waals surface area (Å²) in [7, 11) is 0. The van der Waals surface area contributed by atoms with Crippen LogP contribution in [-0.4, -0.2) is 38.0 Å². The van der Waals surface area contributed by atoms with Crippen LogP contribution in [0.5, 0.6) is 5.75 Å². The van der Waals surface area contributed by atoms with Crippen LogP contribution in [-0.2, 0) is 4.79 Å². The molecule has 0 amide bonds. The molecule has 4 rings (SSSR count). The molecule has 0 bridgehead atoms. The van der Waals surface area contributed by atoms with E-state index in [1.54, 1.807) is 23.9 Å². The summed E-state index contributed by atoms with van der Waals surface area (Å²) in [6, 6.07) is 8.54. The number of fused-ring (bicyclic) bond motifs is 2. The second-order valence-electron chi connectivity index (χ2n) is 5.30. The number of hydrogen-bond donors (Lipinski definition) is 2. The van der Waals surface area contributed by atoms with Crippen molar-refractivity contribution < 1.29 is 15.0 Å². The van der Waals surface area contributed by atoms with Gasteiger partial charge in [0, 0.05) is 5.75 Å². The van der Waals surface area contributed by atoms with Crippen molar-refractivity contribution in [3.8, 4) is 5.75 Å². The smallest absolute Gasteiger partial charge is 0.328 e. The summed E-state index contributed by atoms with van der Waals surface area (Å²) in [6.45, 7) is 0. The first-order valence-electron chi connectivity index (χ1n) is 7.07. The van der Waals surface area contributed by atoms with E-state index in [2.05, 4.69) is 9.98 Å². The number of carboxylic acids is 1. The molecule has 7 heteroatoms. The number of aromatic hydroxyl groups is 1. The van der Waals surface area contributed by atoms with E-state index in [1.165, 1.54) is 11.3 Å². The molecule has 1 aliphatic rings. The molecule has 1 atom stereocenters. The number of phenolic OH excluding ortho intramolecular Hbond substituents is 1. The standard InChI is InChI=1S/C16H12N2O3S2/c19-10-2-1-8-6-12-13(7-9(8)5-10)23-15(18-12)14-17-11(16(20)21)3-4-22-14/h1-2,5-7,11,19H,3-4H2,(H,20,21). The molecule has 0 spiro atoms. The van der Waals surface area contributed by atoms with Gasteiger partial charge >= 0.3 is 5.97 Å². The van der Waals surface area contributed by atoms with Gasteiger partial charge in [0.2, 0.25) is 0 Å². The summed E-state index contributed by atoms with van der Waals surface area (Å²) < 4.78 is 0.999. The zero-order valence-electron chi connectivity index (χ0n) is 11.9. The van der Waals surface area contributed by atoms with E-state index in [4.69, 9.17) is 5.11 Å². The van der Waals surface area contributed by atoms with E-state index in [-0.39, 0.29) is 5.75 Å². The molecular formula is C16H12N2O3S2. The number of carbonyl (C=O) groups is 1. The zero-order chi connectivity index (χ0) is 16.0. The molecule has 5 nitrogen and oxygen atoms in total. The number of aliphatic carboxylic acids is 1. The molecule has 116 valence electrons. The largest absolute Gasteiger partial charge is 0.508 e. The SMILES string of the molecule is O=C(O)C1CCSC(c2nc3cc4ccc(O)cc4cc3s2)=N1. The van der Waals surface area contributed by atoms with Crippen LogP contribution in [0, 0.1) is 0 Å². The van der Waals surface area contributed by atoms with Crippen LogP contribution in [0.15, 0.2) is 35.3 Å². The fraction of sp³-hybridized carbons (Fsp3) is 0.188. The predicted molar refractivity (Wildman–Crippen MR) is 93.8 cm³/mol. The first-order chi connectivity index (χ1) is 11.1. The van der Waals surface area contributed by atoms with Crippen molar-refractivity contribution in [2.75, 3.05) is 5.75 Å². The Balaban J connectivity index is 1.82. The van der Waals surface area contributed by atoms with Gasteiger partial charge in [-0.25, -0.2) is 9.78 Å². The Morgan fingerprint density at radius 3 is 2.91 bits per heavy atom.